The highest BCUT2D eigenvalue weighted by molar-refractivity contribution is 8.00. The third kappa shape index (κ3) is 5.09. The molecule has 33 heavy (non-hydrogen) atoms. The molecule has 0 radical (unpaired) electrons. The number of carbonyl (C=O) groups is 1. The molecular weight excluding hydrogens is 478 g/mol. The maximum absolute atomic E-state index is 13.4. The van der Waals surface area contributed by atoms with Crippen molar-refractivity contribution in [3.8, 4) is 5.69 Å². The minimum atomic E-state index is -4.62. The maximum atomic E-state index is 13.4. The predicted molar refractivity (Wildman–Crippen MR) is 120 cm³/mol. The Morgan fingerprint density at radius 2 is 1.91 bits per heavy atom. The maximum Gasteiger partial charge on any atom is 0.418 e. The first-order valence-electron chi connectivity index (χ1n) is 9.81. The largest absolute Gasteiger partial charge is 0.418 e. The van der Waals surface area contributed by atoms with Crippen molar-refractivity contribution in [2.45, 2.75) is 34.8 Å². The van der Waals surface area contributed by atoms with Crippen LogP contribution in [0.25, 0.3) is 5.69 Å². The number of anilines is 1. The summed E-state index contributed by atoms with van der Waals surface area (Å²) in [6, 6.07) is 9.96. The van der Waals surface area contributed by atoms with Gasteiger partial charge in [-0.1, -0.05) is 30.8 Å². The Labute approximate surface area is 194 Å². The van der Waals surface area contributed by atoms with Crippen LogP contribution in [0.2, 0.25) is 0 Å². The van der Waals surface area contributed by atoms with Gasteiger partial charge in [0.2, 0.25) is 5.91 Å². The Balaban J connectivity index is 1.62. The highest BCUT2D eigenvalue weighted by atomic mass is 32.2. The SMILES string of the molecule is C[C@H]1Cc2nc(SCC(=O)Nc3ccccc3C(F)(F)F)n(-c3ccc(F)cc3)c(=O)c2S1. The highest BCUT2D eigenvalue weighted by Crippen LogP contribution is 2.36. The number of halogens is 4. The van der Waals surface area contributed by atoms with Crippen LogP contribution in [0, 0.1) is 5.82 Å². The van der Waals surface area contributed by atoms with Gasteiger partial charge in [-0.05, 0) is 36.4 Å². The number of benzene rings is 2. The lowest BCUT2D eigenvalue weighted by atomic mass is 10.1. The van der Waals surface area contributed by atoms with Crippen molar-refractivity contribution in [3.05, 3.63) is 76.0 Å². The summed E-state index contributed by atoms with van der Waals surface area (Å²) in [5.74, 6) is -1.43. The zero-order valence-corrected chi connectivity index (χ0v) is 18.8. The van der Waals surface area contributed by atoms with E-state index in [1.807, 2.05) is 6.92 Å². The zero-order chi connectivity index (χ0) is 23.8. The normalized spacial score (nSPS) is 15.4. The smallest absolute Gasteiger partial charge is 0.325 e. The van der Waals surface area contributed by atoms with Crippen LogP contribution in [0.3, 0.4) is 0 Å². The van der Waals surface area contributed by atoms with E-state index in [2.05, 4.69) is 10.3 Å². The number of aromatic nitrogens is 2. The molecule has 1 amide bonds. The average molecular weight is 496 g/mol. The van der Waals surface area contributed by atoms with Gasteiger partial charge in [-0.2, -0.15) is 13.2 Å². The van der Waals surface area contributed by atoms with E-state index in [0.717, 1.165) is 17.8 Å². The van der Waals surface area contributed by atoms with Gasteiger partial charge < -0.3 is 5.32 Å². The third-order valence-electron chi connectivity index (χ3n) is 4.80. The molecule has 1 aliphatic rings. The van der Waals surface area contributed by atoms with Crippen LogP contribution < -0.4 is 10.9 Å². The van der Waals surface area contributed by atoms with Crippen molar-refractivity contribution in [3.63, 3.8) is 0 Å². The first-order chi connectivity index (χ1) is 15.6. The lowest BCUT2D eigenvalue weighted by molar-refractivity contribution is -0.137. The van der Waals surface area contributed by atoms with Gasteiger partial charge in [-0.15, -0.1) is 11.8 Å². The van der Waals surface area contributed by atoms with Crippen LogP contribution >= 0.6 is 23.5 Å². The molecule has 0 saturated carbocycles. The summed E-state index contributed by atoms with van der Waals surface area (Å²) >= 11 is 2.33. The summed E-state index contributed by atoms with van der Waals surface area (Å²) in [6.07, 6.45) is -4.03. The number of nitrogens with one attached hydrogen (secondary N) is 1. The predicted octanol–water partition coefficient (Wildman–Crippen LogP) is 5.16. The number of hydrogen-bond donors (Lipinski definition) is 1. The second kappa shape index (κ2) is 9.22. The topological polar surface area (TPSA) is 64.0 Å². The monoisotopic (exact) mass is 495 g/mol. The van der Waals surface area contributed by atoms with E-state index in [9.17, 15) is 27.2 Å². The van der Waals surface area contributed by atoms with Crippen LogP contribution in [0.1, 0.15) is 18.2 Å². The van der Waals surface area contributed by atoms with Gasteiger partial charge in [-0.25, -0.2) is 9.37 Å². The Bertz CT molecular complexity index is 1260. The van der Waals surface area contributed by atoms with Gasteiger partial charge in [0.25, 0.3) is 5.56 Å². The van der Waals surface area contributed by atoms with Gasteiger partial charge in [0.1, 0.15) is 5.82 Å². The molecule has 0 spiro atoms. The summed E-state index contributed by atoms with van der Waals surface area (Å²) < 4.78 is 54.3. The molecule has 4 rings (SSSR count). The number of fused-ring (bicyclic) bond motifs is 1. The summed E-state index contributed by atoms with van der Waals surface area (Å²) in [4.78, 5) is 30.7. The summed E-state index contributed by atoms with van der Waals surface area (Å²) in [5.41, 5.74) is -0.637. The molecule has 11 heteroatoms. The van der Waals surface area contributed by atoms with E-state index in [1.165, 1.54) is 58.8 Å². The highest BCUT2D eigenvalue weighted by Gasteiger charge is 2.33. The Morgan fingerprint density at radius 3 is 2.61 bits per heavy atom. The van der Waals surface area contributed by atoms with Crippen LogP contribution in [0.4, 0.5) is 23.2 Å². The molecule has 0 aliphatic carbocycles. The minimum Gasteiger partial charge on any atom is -0.325 e. The molecule has 2 heterocycles. The van der Waals surface area contributed by atoms with E-state index in [-0.39, 0.29) is 27.4 Å². The Kier molecular flexibility index (Phi) is 6.53. The number of thioether (sulfide) groups is 2. The lowest BCUT2D eigenvalue weighted by Crippen LogP contribution is -2.25. The Morgan fingerprint density at radius 1 is 1.21 bits per heavy atom. The lowest BCUT2D eigenvalue weighted by Gasteiger charge is -2.15. The molecule has 0 fully saturated rings. The van der Waals surface area contributed by atoms with Gasteiger partial charge in [0.15, 0.2) is 5.16 Å². The molecule has 1 N–H and O–H groups in total. The molecule has 3 aromatic rings. The number of para-hydroxylation sites is 1. The standard InChI is InChI=1S/C22H17F4N3O2S2/c1-12-10-17-19(33-12)20(31)29(14-8-6-13(23)7-9-14)21(28-17)32-11-18(30)27-16-5-3-2-4-15(16)22(24,25)26/h2-9,12H,10-11H2,1H3,(H,27,30)/t12-/m0/s1. The van der Waals surface area contributed by atoms with E-state index >= 15 is 0 Å². The van der Waals surface area contributed by atoms with E-state index in [0.29, 0.717) is 22.7 Å². The average Bonchev–Trinajstić information content (AvgIpc) is 3.13. The summed E-state index contributed by atoms with van der Waals surface area (Å²) in [5, 5.41) is 2.64. The Hall–Kier alpha value is -2.79. The summed E-state index contributed by atoms with van der Waals surface area (Å²) in [7, 11) is 0. The second-order valence-electron chi connectivity index (χ2n) is 7.30. The zero-order valence-electron chi connectivity index (χ0n) is 17.1. The molecule has 172 valence electrons. The van der Waals surface area contributed by atoms with Crippen LogP contribution in [0.5, 0.6) is 0 Å². The van der Waals surface area contributed by atoms with Gasteiger partial charge >= 0.3 is 6.18 Å². The molecular formula is C22H17F4N3O2S2. The molecule has 0 saturated heterocycles. The fraction of sp³-hybridized carbons (Fsp3) is 0.227. The number of alkyl halides is 3. The van der Waals surface area contributed by atoms with E-state index < -0.39 is 23.5 Å². The fourth-order valence-corrected chi connectivity index (χ4v) is 5.30. The van der Waals surface area contributed by atoms with Crippen molar-refractivity contribution in [2.24, 2.45) is 0 Å². The van der Waals surface area contributed by atoms with E-state index in [4.69, 9.17) is 0 Å². The number of nitrogens with zero attached hydrogens (tertiary/aromatic N) is 2. The van der Waals surface area contributed by atoms with Gasteiger partial charge in [0, 0.05) is 11.7 Å². The van der Waals surface area contributed by atoms with Crippen molar-refractivity contribution in [1.29, 1.82) is 0 Å². The summed E-state index contributed by atoms with van der Waals surface area (Å²) in [6.45, 7) is 1.96. The molecule has 1 aromatic heterocycles. The van der Waals surface area contributed by atoms with E-state index in [1.54, 1.807) is 0 Å². The first-order valence-corrected chi connectivity index (χ1v) is 11.7. The molecule has 0 bridgehead atoms. The fourth-order valence-electron chi connectivity index (χ4n) is 3.37. The quantitative estimate of drug-likeness (QED) is 0.301. The van der Waals surface area contributed by atoms with Crippen LogP contribution in [-0.4, -0.2) is 26.5 Å². The van der Waals surface area contributed by atoms with Crippen molar-refractivity contribution in [1.82, 2.24) is 9.55 Å². The molecule has 5 nitrogen and oxygen atoms in total. The van der Waals surface area contributed by atoms with Crippen molar-refractivity contribution >= 4 is 35.1 Å². The second-order valence-corrected chi connectivity index (χ2v) is 9.69. The van der Waals surface area contributed by atoms with Gasteiger partial charge in [0.05, 0.1) is 33.3 Å². The number of rotatable bonds is 5. The number of amides is 1. The van der Waals surface area contributed by atoms with Crippen LogP contribution in [-0.2, 0) is 17.4 Å². The third-order valence-corrected chi connectivity index (χ3v) is 6.96. The number of carbonyl (C=O) groups excluding carboxylic acids is 1. The minimum absolute atomic E-state index is 0.157. The van der Waals surface area contributed by atoms with Gasteiger partial charge in [-0.3, -0.25) is 14.2 Å². The molecule has 1 atom stereocenters. The van der Waals surface area contributed by atoms with Crippen molar-refractivity contribution < 1.29 is 22.4 Å². The number of hydrogen-bond acceptors (Lipinski definition) is 5. The first kappa shape index (κ1) is 23.4. The van der Waals surface area contributed by atoms with Crippen molar-refractivity contribution in [2.75, 3.05) is 11.1 Å². The molecule has 2 aromatic carbocycles. The van der Waals surface area contributed by atoms with Crippen LogP contribution in [0.15, 0.2) is 63.4 Å². The molecule has 0 unspecified atom stereocenters. The molecule has 1 aliphatic heterocycles.